The van der Waals surface area contributed by atoms with Crippen LogP contribution in [-0.4, -0.2) is 27.3 Å². The Kier molecular flexibility index (Phi) is 5.53. The molecular weight excluding hydrogens is 364 g/mol. The number of carbonyl (C=O) groups is 1. The zero-order chi connectivity index (χ0) is 19.4. The van der Waals surface area contributed by atoms with Crippen molar-refractivity contribution in [2.24, 2.45) is 0 Å². The van der Waals surface area contributed by atoms with Gasteiger partial charge in [0, 0.05) is 17.1 Å². The van der Waals surface area contributed by atoms with Crippen molar-refractivity contribution >= 4 is 28.4 Å². The molecule has 3 aromatic rings. The van der Waals surface area contributed by atoms with Gasteiger partial charge < -0.3 is 9.88 Å². The molecule has 0 atom stereocenters. The Balaban J connectivity index is 1.94. The van der Waals surface area contributed by atoms with Crippen molar-refractivity contribution < 1.29 is 4.79 Å². The molecule has 0 saturated carbocycles. The van der Waals surface area contributed by atoms with Crippen molar-refractivity contribution in [2.45, 2.75) is 19.9 Å². The minimum absolute atomic E-state index is 0.154. The van der Waals surface area contributed by atoms with Gasteiger partial charge in [0.15, 0.2) is 0 Å². The summed E-state index contributed by atoms with van der Waals surface area (Å²) in [7, 11) is 0. The van der Waals surface area contributed by atoms with Crippen molar-refractivity contribution in [3.63, 3.8) is 0 Å². The molecule has 3 rings (SSSR count). The van der Waals surface area contributed by atoms with E-state index < -0.39 is 0 Å². The molecule has 6 nitrogen and oxygen atoms in total. The molecule has 0 spiro atoms. The lowest BCUT2D eigenvalue weighted by Crippen LogP contribution is -2.32. The average molecular weight is 381 g/mol. The van der Waals surface area contributed by atoms with Crippen molar-refractivity contribution in [2.75, 3.05) is 6.54 Å². The minimum Gasteiger partial charge on any atom is -0.331 e. The van der Waals surface area contributed by atoms with Gasteiger partial charge in [0.1, 0.15) is 5.82 Å². The van der Waals surface area contributed by atoms with Crippen LogP contribution in [-0.2, 0) is 6.54 Å². The number of hydrogen-bond donors (Lipinski definition) is 1. The molecular formula is C20H17ClN4O2. The molecule has 1 amide bonds. The van der Waals surface area contributed by atoms with E-state index >= 15 is 0 Å². The first kappa shape index (κ1) is 18.6. The van der Waals surface area contributed by atoms with Gasteiger partial charge in [0.05, 0.1) is 29.1 Å². The van der Waals surface area contributed by atoms with Gasteiger partial charge in [0.2, 0.25) is 0 Å². The van der Waals surface area contributed by atoms with Crippen molar-refractivity contribution in [3.8, 4) is 6.07 Å². The summed E-state index contributed by atoms with van der Waals surface area (Å²) in [6, 6.07) is 13.5. The van der Waals surface area contributed by atoms with Gasteiger partial charge in [-0.2, -0.15) is 5.26 Å². The van der Waals surface area contributed by atoms with Crippen LogP contribution >= 0.6 is 11.6 Å². The number of nitrogens with one attached hydrogen (secondary N) is 1. The van der Waals surface area contributed by atoms with Crippen LogP contribution in [0.15, 0.2) is 47.3 Å². The Bertz CT molecular complexity index is 1100. The summed E-state index contributed by atoms with van der Waals surface area (Å²) in [4.78, 5) is 34.0. The molecule has 0 bridgehead atoms. The minimum atomic E-state index is -0.276. The fraction of sp³-hybridized carbons (Fsp3) is 0.200. The second-order valence-corrected chi connectivity index (χ2v) is 6.53. The molecule has 0 aliphatic heterocycles. The van der Waals surface area contributed by atoms with E-state index in [0.29, 0.717) is 39.4 Å². The molecule has 0 aliphatic carbocycles. The topological polar surface area (TPSA) is 89.8 Å². The molecule has 0 saturated heterocycles. The predicted molar refractivity (Wildman–Crippen MR) is 104 cm³/mol. The number of rotatable bonds is 5. The van der Waals surface area contributed by atoms with E-state index in [2.05, 4.69) is 9.97 Å². The van der Waals surface area contributed by atoms with Crippen molar-refractivity contribution in [1.29, 1.82) is 5.26 Å². The number of aromatic nitrogens is 2. The van der Waals surface area contributed by atoms with Gasteiger partial charge in [-0.3, -0.25) is 9.59 Å². The summed E-state index contributed by atoms with van der Waals surface area (Å²) in [6.07, 6.45) is 0.743. The smallest absolute Gasteiger partial charge is 0.258 e. The number of nitrogens with zero attached hydrogens (tertiary/aromatic N) is 3. The number of hydrogen-bond acceptors (Lipinski definition) is 4. The zero-order valence-electron chi connectivity index (χ0n) is 14.7. The van der Waals surface area contributed by atoms with E-state index in [-0.39, 0.29) is 18.0 Å². The maximum Gasteiger partial charge on any atom is 0.258 e. The Morgan fingerprint density at radius 1 is 1.30 bits per heavy atom. The number of H-pyrrole nitrogens is 1. The highest BCUT2D eigenvalue weighted by atomic mass is 35.5. The van der Waals surface area contributed by atoms with Crippen LogP contribution in [0.5, 0.6) is 0 Å². The van der Waals surface area contributed by atoms with E-state index in [1.54, 1.807) is 47.4 Å². The second-order valence-electron chi connectivity index (χ2n) is 6.09. The highest BCUT2D eigenvalue weighted by Gasteiger charge is 2.17. The van der Waals surface area contributed by atoms with Gasteiger partial charge in [-0.15, -0.1) is 0 Å². The zero-order valence-corrected chi connectivity index (χ0v) is 15.5. The van der Waals surface area contributed by atoms with Gasteiger partial charge in [-0.1, -0.05) is 24.6 Å². The molecule has 1 N–H and O–H groups in total. The SMILES string of the molecule is CCCN(Cc1nc2cc(Cl)ccc2c(=O)[nH]1)C(=O)c1cccc(C#N)c1. The summed E-state index contributed by atoms with van der Waals surface area (Å²) in [5.41, 5.74) is 1.05. The number of nitriles is 1. The Hall–Kier alpha value is -3.17. The Labute approximate surface area is 161 Å². The Morgan fingerprint density at radius 2 is 2.11 bits per heavy atom. The number of aromatic amines is 1. The normalized spacial score (nSPS) is 10.6. The quantitative estimate of drug-likeness (QED) is 0.733. The third-order valence-corrected chi connectivity index (χ3v) is 4.31. The largest absolute Gasteiger partial charge is 0.331 e. The molecule has 0 fully saturated rings. The number of fused-ring (bicyclic) bond motifs is 1. The van der Waals surface area contributed by atoms with Gasteiger partial charge >= 0.3 is 0 Å². The maximum atomic E-state index is 12.9. The number of carbonyl (C=O) groups excluding carboxylic acids is 1. The van der Waals surface area contributed by atoms with Gasteiger partial charge in [-0.05, 0) is 42.8 Å². The fourth-order valence-corrected chi connectivity index (χ4v) is 3.01. The van der Waals surface area contributed by atoms with E-state index in [0.717, 1.165) is 6.42 Å². The van der Waals surface area contributed by atoms with Crippen LogP contribution in [0, 0.1) is 11.3 Å². The number of halogens is 1. The molecule has 1 heterocycles. The van der Waals surface area contributed by atoms with E-state index in [9.17, 15) is 9.59 Å². The first-order valence-electron chi connectivity index (χ1n) is 8.49. The number of benzene rings is 2. The van der Waals surface area contributed by atoms with Crippen molar-refractivity contribution in [3.05, 3.63) is 74.8 Å². The molecule has 1 aromatic heterocycles. The molecule has 7 heteroatoms. The highest BCUT2D eigenvalue weighted by Crippen LogP contribution is 2.16. The fourth-order valence-electron chi connectivity index (χ4n) is 2.84. The van der Waals surface area contributed by atoms with E-state index in [1.807, 2.05) is 13.0 Å². The second kappa shape index (κ2) is 8.02. The molecule has 0 radical (unpaired) electrons. The lowest BCUT2D eigenvalue weighted by atomic mass is 10.1. The third kappa shape index (κ3) is 4.15. The average Bonchev–Trinajstić information content (AvgIpc) is 2.66. The lowest BCUT2D eigenvalue weighted by molar-refractivity contribution is 0.0739. The molecule has 136 valence electrons. The summed E-state index contributed by atoms with van der Waals surface area (Å²) < 4.78 is 0. The van der Waals surface area contributed by atoms with Crippen LogP contribution in [0.1, 0.15) is 35.1 Å². The van der Waals surface area contributed by atoms with Crippen LogP contribution in [0.2, 0.25) is 5.02 Å². The highest BCUT2D eigenvalue weighted by molar-refractivity contribution is 6.31. The molecule has 2 aromatic carbocycles. The number of amides is 1. The third-order valence-electron chi connectivity index (χ3n) is 4.08. The molecule has 0 aliphatic rings. The van der Waals surface area contributed by atoms with Crippen molar-refractivity contribution in [1.82, 2.24) is 14.9 Å². The summed E-state index contributed by atoms with van der Waals surface area (Å²) in [5.74, 6) is 0.163. The first-order chi connectivity index (χ1) is 13.0. The monoisotopic (exact) mass is 380 g/mol. The van der Waals surface area contributed by atoms with Crippen LogP contribution in [0.3, 0.4) is 0 Å². The van der Waals surface area contributed by atoms with Crippen LogP contribution in [0.4, 0.5) is 0 Å². The van der Waals surface area contributed by atoms with E-state index in [1.165, 1.54) is 0 Å². The molecule has 27 heavy (non-hydrogen) atoms. The maximum absolute atomic E-state index is 12.9. The Morgan fingerprint density at radius 3 is 2.85 bits per heavy atom. The van der Waals surface area contributed by atoms with Crippen LogP contribution < -0.4 is 5.56 Å². The lowest BCUT2D eigenvalue weighted by Gasteiger charge is -2.22. The van der Waals surface area contributed by atoms with Gasteiger partial charge in [0.25, 0.3) is 11.5 Å². The van der Waals surface area contributed by atoms with Crippen LogP contribution in [0.25, 0.3) is 10.9 Å². The first-order valence-corrected chi connectivity index (χ1v) is 8.87. The van der Waals surface area contributed by atoms with E-state index in [4.69, 9.17) is 16.9 Å². The van der Waals surface area contributed by atoms with Gasteiger partial charge in [-0.25, -0.2) is 4.98 Å². The summed E-state index contributed by atoms with van der Waals surface area (Å²) >= 11 is 5.99. The molecule has 0 unspecified atom stereocenters. The summed E-state index contributed by atoms with van der Waals surface area (Å²) in [5, 5.41) is 9.97. The summed E-state index contributed by atoms with van der Waals surface area (Å²) in [6.45, 7) is 2.61. The standard InChI is InChI=1S/C20H17ClN4O2/c1-2-8-25(20(27)14-5-3-4-13(9-14)11-22)12-18-23-17-10-15(21)6-7-16(17)19(26)24-18/h3-7,9-10H,2,8,12H2,1H3,(H,23,24,26). The predicted octanol–water partition coefficient (Wildman–Crippen LogP) is 3.50.